The van der Waals surface area contributed by atoms with E-state index in [4.69, 9.17) is 5.73 Å². The Balaban J connectivity index is 2.18. The zero-order valence-corrected chi connectivity index (χ0v) is 13.4. The summed E-state index contributed by atoms with van der Waals surface area (Å²) in [5.74, 6) is 0. The van der Waals surface area contributed by atoms with Crippen LogP contribution in [0.3, 0.4) is 0 Å². The Hall–Kier alpha value is -2.14. The molecule has 0 aliphatic carbocycles. The van der Waals surface area contributed by atoms with Crippen LogP contribution in [0.2, 0.25) is 0 Å². The van der Waals surface area contributed by atoms with Crippen molar-refractivity contribution in [3.8, 4) is 16.9 Å². The molecule has 2 N–H and O–H groups in total. The highest BCUT2D eigenvalue weighted by Gasteiger charge is 2.11. The van der Waals surface area contributed by atoms with E-state index >= 15 is 0 Å². The van der Waals surface area contributed by atoms with Crippen LogP contribution in [-0.2, 0) is 0 Å². The van der Waals surface area contributed by atoms with Gasteiger partial charge in [-0.15, -0.1) is 0 Å². The van der Waals surface area contributed by atoms with Crippen LogP contribution in [0.25, 0.3) is 16.9 Å². The van der Waals surface area contributed by atoms with E-state index in [1.807, 2.05) is 4.57 Å². The van der Waals surface area contributed by atoms with E-state index in [1.54, 1.807) is 31.0 Å². The van der Waals surface area contributed by atoms with Crippen LogP contribution < -0.4 is 5.73 Å². The zero-order valence-electron chi connectivity index (χ0n) is 11.8. The molecule has 5 heteroatoms. The molecule has 0 fully saturated rings. The number of hydrogen-bond acceptors (Lipinski definition) is 3. The third-order valence-corrected chi connectivity index (χ3v) is 4.72. The first-order chi connectivity index (χ1) is 10.1. The number of nitrogens with zero attached hydrogens (tertiary/aromatic N) is 3. The Kier molecular flexibility index (Phi) is 3.51. The molecule has 106 valence electrons. The monoisotopic (exact) mass is 342 g/mol. The van der Waals surface area contributed by atoms with E-state index in [9.17, 15) is 0 Å². The fourth-order valence-electron chi connectivity index (χ4n) is 2.38. The third-order valence-electron chi connectivity index (χ3n) is 3.47. The predicted octanol–water partition coefficient (Wildman–Crippen LogP) is 3.90. The molecular formula is C16H15BrN4. The highest BCUT2D eigenvalue weighted by atomic mass is 79.9. The molecule has 0 amide bonds. The van der Waals surface area contributed by atoms with Gasteiger partial charge in [0, 0.05) is 33.8 Å². The first kappa shape index (κ1) is 13.8. The molecule has 0 radical (unpaired) electrons. The fourth-order valence-corrected chi connectivity index (χ4v) is 2.61. The lowest BCUT2D eigenvalue weighted by Crippen LogP contribution is -1.99. The second-order valence-electron chi connectivity index (χ2n) is 5.01. The molecule has 0 saturated heterocycles. The molecule has 2 heterocycles. The summed E-state index contributed by atoms with van der Waals surface area (Å²) in [6.45, 7) is 4.16. The van der Waals surface area contributed by atoms with Crippen LogP contribution in [-0.4, -0.2) is 14.5 Å². The molecule has 3 rings (SSSR count). The molecule has 0 atom stereocenters. The number of benzene rings is 1. The molecule has 0 bridgehead atoms. The smallest absolute Gasteiger partial charge is 0.0997 e. The number of halogens is 1. The lowest BCUT2D eigenvalue weighted by Gasteiger charge is -2.12. The van der Waals surface area contributed by atoms with Crippen LogP contribution in [0.15, 0.2) is 47.6 Å². The molecule has 3 aromatic rings. The zero-order chi connectivity index (χ0) is 15.0. The second kappa shape index (κ2) is 5.33. The largest absolute Gasteiger partial charge is 0.398 e. The summed E-state index contributed by atoms with van der Waals surface area (Å²) >= 11 is 3.60. The molecule has 0 spiro atoms. The van der Waals surface area contributed by atoms with Gasteiger partial charge in [-0.1, -0.05) is 15.9 Å². The van der Waals surface area contributed by atoms with Gasteiger partial charge in [-0.2, -0.15) is 0 Å². The normalized spacial score (nSPS) is 10.8. The van der Waals surface area contributed by atoms with Gasteiger partial charge in [0.05, 0.1) is 18.2 Å². The summed E-state index contributed by atoms with van der Waals surface area (Å²) in [6.07, 6.45) is 7.05. The number of imidazole rings is 1. The van der Waals surface area contributed by atoms with Crippen LogP contribution in [0.5, 0.6) is 0 Å². The van der Waals surface area contributed by atoms with Crippen molar-refractivity contribution >= 4 is 21.6 Å². The van der Waals surface area contributed by atoms with E-state index in [1.165, 1.54) is 11.1 Å². The number of rotatable bonds is 2. The molecule has 0 unspecified atom stereocenters. The quantitative estimate of drug-likeness (QED) is 0.768. The van der Waals surface area contributed by atoms with Gasteiger partial charge in [-0.25, -0.2) is 4.98 Å². The summed E-state index contributed by atoms with van der Waals surface area (Å²) in [6, 6.07) is 6.04. The number of nitrogens with two attached hydrogens (primary N) is 1. The van der Waals surface area contributed by atoms with Gasteiger partial charge in [0.15, 0.2) is 0 Å². The van der Waals surface area contributed by atoms with Crippen LogP contribution in [0.1, 0.15) is 11.1 Å². The summed E-state index contributed by atoms with van der Waals surface area (Å²) in [5.41, 5.74) is 12.0. The van der Waals surface area contributed by atoms with Crippen LogP contribution >= 0.6 is 15.9 Å². The number of anilines is 1. The first-order valence-electron chi connectivity index (χ1n) is 6.57. The maximum Gasteiger partial charge on any atom is 0.0997 e. The standard InChI is InChI=1S/C16H15BrN4/c1-10-5-12(6-11(2)16(10)17)21-9-20-8-15(21)13-7-19-4-3-14(13)18/h3-9H,1-2H3,(H2,18,19). The lowest BCUT2D eigenvalue weighted by atomic mass is 10.1. The molecule has 0 aliphatic rings. The molecule has 0 saturated carbocycles. The SMILES string of the molecule is Cc1cc(-n2cncc2-c2cnccc2N)cc(C)c1Br. The van der Waals surface area contributed by atoms with Crippen molar-refractivity contribution in [1.82, 2.24) is 14.5 Å². The van der Waals surface area contributed by atoms with E-state index in [2.05, 4.69) is 51.9 Å². The summed E-state index contributed by atoms with van der Waals surface area (Å²) in [4.78, 5) is 8.42. The second-order valence-corrected chi connectivity index (χ2v) is 5.80. The number of pyridine rings is 1. The first-order valence-corrected chi connectivity index (χ1v) is 7.36. The average Bonchev–Trinajstić information content (AvgIpc) is 2.94. The third kappa shape index (κ3) is 2.45. The Morgan fingerprint density at radius 1 is 1.10 bits per heavy atom. The average molecular weight is 343 g/mol. The van der Waals surface area contributed by atoms with Crippen molar-refractivity contribution in [2.75, 3.05) is 5.73 Å². The molecular weight excluding hydrogens is 328 g/mol. The molecule has 21 heavy (non-hydrogen) atoms. The molecule has 1 aromatic carbocycles. The van der Waals surface area contributed by atoms with Crippen molar-refractivity contribution in [3.05, 3.63) is 58.7 Å². The number of hydrogen-bond donors (Lipinski definition) is 1. The van der Waals surface area contributed by atoms with Crippen molar-refractivity contribution in [3.63, 3.8) is 0 Å². The molecule has 2 aromatic heterocycles. The van der Waals surface area contributed by atoms with Crippen LogP contribution in [0.4, 0.5) is 5.69 Å². The maximum absolute atomic E-state index is 6.05. The van der Waals surface area contributed by atoms with Crippen LogP contribution in [0, 0.1) is 13.8 Å². The maximum atomic E-state index is 6.05. The van der Waals surface area contributed by atoms with Gasteiger partial charge in [0.2, 0.25) is 0 Å². The van der Waals surface area contributed by atoms with Gasteiger partial charge >= 0.3 is 0 Å². The number of aryl methyl sites for hydroxylation is 2. The van der Waals surface area contributed by atoms with Gasteiger partial charge in [0.1, 0.15) is 0 Å². The topological polar surface area (TPSA) is 56.7 Å². The van der Waals surface area contributed by atoms with Crippen molar-refractivity contribution in [2.24, 2.45) is 0 Å². The van der Waals surface area contributed by atoms with Gasteiger partial charge < -0.3 is 5.73 Å². The number of nitrogen functional groups attached to an aromatic ring is 1. The van der Waals surface area contributed by atoms with Gasteiger partial charge in [0.25, 0.3) is 0 Å². The van der Waals surface area contributed by atoms with E-state index in [0.29, 0.717) is 5.69 Å². The van der Waals surface area contributed by atoms with E-state index in [-0.39, 0.29) is 0 Å². The van der Waals surface area contributed by atoms with Crippen molar-refractivity contribution < 1.29 is 0 Å². The van der Waals surface area contributed by atoms with Crippen molar-refractivity contribution in [2.45, 2.75) is 13.8 Å². The Bertz CT molecular complexity index is 785. The Morgan fingerprint density at radius 3 is 2.48 bits per heavy atom. The Morgan fingerprint density at radius 2 is 1.81 bits per heavy atom. The summed E-state index contributed by atoms with van der Waals surface area (Å²) in [7, 11) is 0. The Labute approximate surface area is 131 Å². The molecule has 0 aliphatic heterocycles. The summed E-state index contributed by atoms with van der Waals surface area (Å²) in [5, 5.41) is 0. The highest BCUT2D eigenvalue weighted by molar-refractivity contribution is 9.10. The van der Waals surface area contributed by atoms with Crippen molar-refractivity contribution in [1.29, 1.82) is 0 Å². The van der Waals surface area contributed by atoms with E-state index in [0.717, 1.165) is 21.4 Å². The lowest BCUT2D eigenvalue weighted by molar-refractivity contribution is 1.05. The molecule has 4 nitrogen and oxygen atoms in total. The highest BCUT2D eigenvalue weighted by Crippen LogP contribution is 2.29. The predicted molar refractivity (Wildman–Crippen MR) is 88.4 cm³/mol. The minimum Gasteiger partial charge on any atom is -0.398 e. The van der Waals surface area contributed by atoms with E-state index < -0.39 is 0 Å². The number of aromatic nitrogens is 3. The minimum absolute atomic E-state index is 0.692. The summed E-state index contributed by atoms with van der Waals surface area (Å²) < 4.78 is 3.16. The minimum atomic E-state index is 0.692. The van der Waals surface area contributed by atoms with Gasteiger partial charge in [-0.3, -0.25) is 9.55 Å². The fraction of sp³-hybridized carbons (Fsp3) is 0.125. The van der Waals surface area contributed by atoms with Gasteiger partial charge in [-0.05, 0) is 43.2 Å².